The first-order chi connectivity index (χ1) is 22.0. The summed E-state index contributed by atoms with van der Waals surface area (Å²) in [6.07, 6.45) is 3.54. The van der Waals surface area contributed by atoms with Gasteiger partial charge in [-0.25, -0.2) is 9.78 Å². The van der Waals surface area contributed by atoms with E-state index in [0.29, 0.717) is 23.5 Å². The SMILES string of the molecule is Cn1ccnc1SC[C@@H]1C[C@H](c2ccc(CO)cc2)O[C@H](c2ccc(NC(=O)Nc3ccc(Oc4ccccc4)cc3)cc2)O1. The zero-order valence-corrected chi connectivity index (χ0v) is 25.5. The van der Waals surface area contributed by atoms with E-state index >= 15 is 0 Å². The van der Waals surface area contributed by atoms with Crippen molar-refractivity contribution in [2.75, 3.05) is 16.4 Å². The van der Waals surface area contributed by atoms with Crippen molar-refractivity contribution in [3.05, 3.63) is 132 Å². The molecule has 1 aliphatic rings. The van der Waals surface area contributed by atoms with Crippen LogP contribution in [-0.2, 0) is 23.1 Å². The lowest BCUT2D eigenvalue weighted by Gasteiger charge is -2.36. The van der Waals surface area contributed by atoms with Crippen LogP contribution in [0.3, 0.4) is 0 Å². The zero-order valence-electron chi connectivity index (χ0n) is 24.7. The monoisotopic (exact) mass is 622 g/mol. The quantitative estimate of drug-likeness (QED) is 0.137. The molecule has 3 atom stereocenters. The van der Waals surface area contributed by atoms with Crippen molar-refractivity contribution < 1.29 is 24.1 Å². The van der Waals surface area contributed by atoms with Crippen LogP contribution in [0, 0.1) is 0 Å². The molecule has 1 fully saturated rings. The summed E-state index contributed by atoms with van der Waals surface area (Å²) in [7, 11) is 1.97. The Labute approximate surface area is 266 Å². The molecule has 6 rings (SSSR count). The topological polar surface area (TPSA) is 107 Å². The Kier molecular flexibility index (Phi) is 9.77. The molecule has 2 heterocycles. The van der Waals surface area contributed by atoms with Gasteiger partial charge in [-0.2, -0.15) is 0 Å². The van der Waals surface area contributed by atoms with E-state index in [2.05, 4.69) is 15.6 Å². The summed E-state index contributed by atoms with van der Waals surface area (Å²) in [4.78, 5) is 17.1. The lowest BCUT2D eigenvalue weighted by molar-refractivity contribution is -0.245. The lowest BCUT2D eigenvalue weighted by Crippen LogP contribution is -2.31. The molecule has 230 valence electrons. The number of aromatic nitrogens is 2. The van der Waals surface area contributed by atoms with Crippen LogP contribution in [0.2, 0.25) is 0 Å². The van der Waals surface area contributed by atoms with E-state index in [9.17, 15) is 9.90 Å². The van der Waals surface area contributed by atoms with Crippen molar-refractivity contribution in [3.8, 4) is 11.5 Å². The highest BCUT2D eigenvalue weighted by molar-refractivity contribution is 7.99. The Hall–Kier alpha value is -4.61. The Balaban J connectivity index is 1.08. The molecule has 0 spiro atoms. The van der Waals surface area contributed by atoms with Gasteiger partial charge in [-0.3, -0.25) is 0 Å². The molecule has 0 saturated carbocycles. The minimum absolute atomic E-state index is 0.00509. The molecule has 5 aromatic rings. The number of benzene rings is 4. The second-order valence-corrected chi connectivity index (χ2v) is 11.6. The molecule has 0 unspecified atom stereocenters. The number of ether oxygens (including phenoxy) is 3. The van der Waals surface area contributed by atoms with E-state index in [1.54, 1.807) is 42.2 Å². The average molecular weight is 623 g/mol. The first-order valence-corrected chi connectivity index (χ1v) is 15.6. The molecule has 0 bridgehead atoms. The van der Waals surface area contributed by atoms with Crippen LogP contribution >= 0.6 is 11.8 Å². The number of carbonyl (C=O) groups is 1. The fourth-order valence-electron chi connectivity index (χ4n) is 4.93. The molecule has 1 aromatic heterocycles. The highest BCUT2D eigenvalue weighted by Gasteiger charge is 2.32. The summed E-state index contributed by atoms with van der Waals surface area (Å²) in [5.41, 5.74) is 4.00. The number of nitrogens with zero attached hydrogens (tertiary/aromatic N) is 2. The molecular weight excluding hydrogens is 588 g/mol. The molecule has 3 N–H and O–H groups in total. The van der Waals surface area contributed by atoms with Gasteiger partial charge in [-0.1, -0.05) is 66.4 Å². The van der Waals surface area contributed by atoms with Gasteiger partial charge in [0.25, 0.3) is 0 Å². The first kappa shape index (κ1) is 30.4. The van der Waals surface area contributed by atoms with Crippen LogP contribution < -0.4 is 15.4 Å². The molecular formula is C35H34N4O5S. The minimum Gasteiger partial charge on any atom is -0.457 e. The molecule has 1 saturated heterocycles. The van der Waals surface area contributed by atoms with Crippen molar-refractivity contribution in [2.24, 2.45) is 7.05 Å². The molecule has 4 aromatic carbocycles. The van der Waals surface area contributed by atoms with Gasteiger partial charge >= 0.3 is 6.03 Å². The van der Waals surface area contributed by atoms with Crippen LogP contribution in [0.25, 0.3) is 0 Å². The summed E-state index contributed by atoms with van der Waals surface area (Å²) >= 11 is 1.65. The van der Waals surface area contributed by atoms with Gasteiger partial charge in [-0.05, 0) is 59.7 Å². The fraction of sp³-hybridized carbons (Fsp3) is 0.200. The minimum atomic E-state index is -0.590. The van der Waals surface area contributed by atoms with Gasteiger partial charge in [0.05, 0.1) is 18.8 Å². The Morgan fingerprint density at radius 1 is 0.889 bits per heavy atom. The fourth-order valence-corrected chi connectivity index (χ4v) is 5.88. The van der Waals surface area contributed by atoms with Crippen LogP contribution in [0.5, 0.6) is 11.5 Å². The Bertz CT molecular complexity index is 1680. The second kappa shape index (κ2) is 14.4. The Morgan fingerprint density at radius 2 is 1.53 bits per heavy atom. The number of thioether (sulfide) groups is 1. The van der Waals surface area contributed by atoms with Gasteiger partial charge < -0.3 is 34.5 Å². The van der Waals surface area contributed by atoms with Gasteiger partial charge in [0.15, 0.2) is 11.4 Å². The summed E-state index contributed by atoms with van der Waals surface area (Å²) in [5, 5.41) is 16.1. The molecule has 45 heavy (non-hydrogen) atoms. The number of nitrogens with one attached hydrogen (secondary N) is 2. The predicted molar refractivity (Wildman–Crippen MR) is 174 cm³/mol. The number of anilines is 2. The number of aryl methyl sites for hydroxylation is 1. The van der Waals surface area contributed by atoms with Crippen LogP contribution in [0.4, 0.5) is 16.2 Å². The normalized spacial score (nSPS) is 17.9. The highest BCUT2D eigenvalue weighted by Crippen LogP contribution is 2.39. The van der Waals surface area contributed by atoms with Crippen molar-refractivity contribution in [3.63, 3.8) is 0 Å². The largest absolute Gasteiger partial charge is 0.457 e. The number of amides is 2. The van der Waals surface area contributed by atoms with E-state index in [1.807, 2.05) is 96.7 Å². The lowest BCUT2D eigenvalue weighted by atomic mass is 10.0. The Morgan fingerprint density at radius 3 is 2.18 bits per heavy atom. The van der Waals surface area contributed by atoms with Gasteiger partial charge in [0.2, 0.25) is 0 Å². The zero-order chi connectivity index (χ0) is 31.0. The number of imidazole rings is 1. The van der Waals surface area contributed by atoms with Crippen LogP contribution in [0.15, 0.2) is 121 Å². The van der Waals surface area contributed by atoms with Crippen LogP contribution in [-0.4, -0.2) is 32.5 Å². The smallest absolute Gasteiger partial charge is 0.323 e. The summed E-state index contributed by atoms with van der Waals surface area (Å²) < 4.78 is 20.7. The number of rotatable bonds is 10. The molecule has 9 nitrogen and oxygen atoms in total. The number of hydrogen-bond acceptors (Lipinski definition) is 7. The molecule has 0 radical (unpaired) electrons. The number of carbonyl (C=O) groups excluding carboxylic acids is 1. The third-order valence-electron chi connectivity index (χ3n) is 7.32. The van der Waals surface area contributed by atoms with E-state index in [1.165, 1.54) is 0 Å². The number of para-hydroxylation sites is 1. The second-order valence-electron chi connectivity index (χ2n) is 10.6. The highest BCUT2D eigenvalue weighted by atomic mass is 32.2. The van der Waals surface area contributed by atoms with Crippen molar-refractivity contribution >= 4 is 29.2 Å². The summed E-state index contributed by atoms with van der Waals surface area (Å²) in [6.45, 7) is -0.00509. The van der Waals surface area contributed by atoms with Gasteiger partial charge in [0, 0.05) is 48.6 Å². The summed E-state index contributed by atoms with van der Waals surface area (Å²) in [5.74, 6) is 2.14. The molecule has 1 aliphatic heterocycles. The van der Waals surface area contributed by atoms with Crippen molar-refractivity contribution in [1.29, 1.82) is 0 Å². The molecule has 10 heteroatoms. The van der Waals surface area contributed by atoms with E-state index < -0.39 is 6.29 Å². The number of aliphatic hydroxyl groups excluding tert-OH is 1. The molecule has 2 amide bonds. The van der Waals surface area contributed by atoms with E-state index in [4.69, 9.17) is 14.2 Å². The maximum absolute atomic E-state index is 12.7. The third kappa shape index (κ3) is 8.11. The predicted octanol–water partition coefficient (Wildman–Crippen LogP) is 7.69. The third-order valence-corrected chi connectivity index (χ3v) is 8.51. The maximum Gasteiger partial charge on any atom is 0.323 e. The van der Waals surface area contributed by atoms with Crippen molar-refractivity contribution in [2.45, 2.75) is 36.7 Å². The van der Waals surface area contributed by atoms with E-state index in [0.717, 1.165) is 33.3 Å². The molecule has 0 aliphatic carbocycles. The number of urea groups is 1. The maximum atomic E-state index is 12.7. The standard InChI is InChI=1S/C35H34N4O5S/c1-39-20-19-36-35(39)45-23-31-21-32(25-9-7-24(22-40)8-10-25)44-33(43-31)26-11-13-27(14-12-26)37-34(41)38-28-15-17-30(18-16-28)42-29-5-3-2-4-6-29/h2-20,31-33,40H,21-23H2,1H3,(H2,37,38,41)/t31-,32+,33+/m0/s1. The van der Waals surface area contributed by atoms with E-state index in [-0.39, 0.29) is 24.8 Å². The average Bonchev–Trinajstić information content (AvgIpc) is 3.49. The van der Waals surface area contributed by atoms with Crippen molar-refractivity contribution in [1.82, 2.24) is 9.55 Å². The first-order valence-electron chi connectivity index (χ1n) is 14.6. The number of aliphatic hydroxyl groups is 1. The van der Waals surface area contributed by atoms with Crippen LogP contribution in [0.1, 0.15) is 35.5 Å². The summed E-state index contributed by atoms with van der Waals surface area (Å²) in [6, 6.07) is 31.6. The van der Waals surface area contributed by atoms with Gasteiger partial charge in [-0.15, -0.1) is 0 Å². The number of hydrogen-bond donors (Lipinski definition) is 3. The van der Waals surface area contributed by atoms with Gasteiger partial charge in [0.1, 0.15) is 11.5 Å².